The van der Waals surface area contributed by atoms with Crippen molar-refractivity contribution in [3.05, 3.63) is 30.3 Å². The maximum absolute atomic E-state index is 11.8. The first-order valence-electron chi connectivity index (χ1n) is 4.97. The van der Waals surface area contributed by atoms with Crippen LogP contribution in [0, 0.1) is 0 Å². The van der Waals surface area contributed by atoms with E-state index in [1.54, 1.807) is 4.90 Å². The smallest absolute Gasteiger partial charge is 0.325 e. The molecule has 6 heteroatoms. The fraction of sp³-hybridized carbons (Fsp3) is 0.200. The minimum atomic E-state index is -0.153. The van der Waals surface area contributed by atoms with Gasteiger partial charge in [-0.25, -0.2) is 4.79 Å². The van der Waals surface area contributed by atoms with Crippen molar-refractivity contribution in [1.82, 2.24) is 16.0 Å². The fourth-order valence-corrected chi connectivity index (χ4v) is 2.25. The van der Waals surface area contributed by atoms with Crippen molar-refractivity contribution in [2.24, 2.45) is 0 Å². The summed E-state index contributed by atoms with van der Waals surface area (Å²) in [5.74, 6) is 0. The minimum Gasteiger partial charge on any atom is -0.339 e. The van der Waals surface area contributed by atoms with E-state index in [1.165, 1.54) is 0 Å². The molecular weight excluding hydrogens is 224 g/mol. The quantitative estimate of drug-likeness (QED) is 0.614. The largest absolute Gasteiger partial charge is 0.339 e. The monoisotopic (exact) mass is 234 g/mol. The number of carbonyl (C=O) groups is 1. The number of nitrogens with zero attached hydrogens (tertiary/aromatic N) is 1. The third-order valence-corrected chi connectivity index (χ3v) is 2.93. The SMILES string of the molecule is O=C1N[C@@H]2NC(=S)N[C@H]2N1c1ccccc1. The van der Waals surface area contributed by atoms with Crippen LogP contribution in [0.15, 0.2) is 30.3 Å². The van der Waals surface area contributed by atoms with E-state index in [-0.39, 0.29) is 18.4 Å². The Hall–Kier alpha value is -1.82. The van der Waals surface area contributed by atoms with E-state index in [2.05, 4.69) is 16.0 Å². The molecule has 0 saturated carbocycles. The average Bonchev–Trinajstić information content (AvgIpc) is 2.74. The van der Waals surface area contributed by atoms with Gasteiger partial charge in [-0.3, -0.25) is 4.90 Å². The normalized spacial score (nSPS) is 27.1. The third-order valence-electron chi connectivity index (χ3n) is 2.69. The zero-order valence-corrected chi connectivity index (χ0v) is 9.12. The van der Waals surface area contributed by atoms with Crippen LogP contribution in [-0.2, 0) is 0 Å². The van der Waals surface area contributed by atoms with Crippen LogP contribution in [-0.4, -0.2) is 23.5 Å². The molecule has 0 bridgehead atoms. The lowest BCUT2D eigenvalue weighted by atomic mass is 10.3. The van der Waals surface area contributed by atoms with Crippen molar-refractivity contribution < 1.29 is 4.79 Å². The second-order valence-electron chi connectivity index (χ2n) is 3.70. The summed E-state index contributed by atoms with van der Waals surface area (Å²) in [6, 6.07) is 9.38. The van der Waals surface area contributed by atoms with Gasteiger partial charge in [0.2, 0.25) is 0 Å². The molecule has 2 amide bonds. The zero-order chi connectivity index (χ0) is 11.1. The van der Waals surface area contributed by atoms with Gasteiger partial charge in [-0.2, -0.15) is 0 Å². The van der Waals surface area contributed by atoms with E-state index >= 15 is 0 Å². The van der Waals surface area contributed by atoms with Crippen molar-refractivity contribution in [3.8, 4) is 0 Å². The molecule has 0 aromatic heterocycles. The molecule has 2 aliphatic rings. The number of carbonyl (C=O) groups excluding carboxylic acids is 1. The number of anilines is 1. The summed E-state index contributed by atoms with van der Waals surface area (Å²) in [5.41, 5.74) is 0.853. The number of thiocarbonyl (C=S) groups is 1. The van der Waals surface area contributed by atoms with Gasteiger partial charge in [0, 0.05) is 5.69 Å². The van der Waals surface area contributed by atoms with Crippen molar-refractivity contribution in [2.45, 2.75) is 12.3 Å². The molecule has 2 saturated heterocycles. The molecule has 1 aromatic rings. The molecule has 2 fully saturated rings. The van der Waals surface area contributed by atoms with Gasteiger partial charge in [-0.15, -0.1) is 0 Å². The molecular formula is C10H10N4OS. The van der Waals surface area contributed by atoms with Crippen LogP contribution >= 0.6 is 12.2 Å². The van der Waals surface area contributed by atoms with Crippen LogP contribution in [0.5, 0.6) is 0 Å². The van der Waals surface area contributed by atoms with E-state index < -0.39 is 0 Å². The first kappa shape index (κ1) is 9.41. The Bertz CT molecular complexity index is 449. The van der Waals surface area contributed by atoms with Crippen LogP contribution in [0.1, 0.15) is 0 Å². The number of nitrogens with one attached hydrogen (secondary N) is 3. The highest BCUT2D eigenvalue weighted by Crippen LogP contribution is 2.22. The average molecular weight is 234 g/mol. The second kappa shape index (κ2) is 3.34. The van der Waals surface area contributed by atoms with Gasteiger partial charge in [0.1, 0.15) is 12.3 Å². The third kappa shape index (κ3) is 1.30. The highest BCUT2D eigenvalue weighted by atomic mass is 32.1. The van der Waals surface area contributed by atoms with Gasteiger partial charge in [0.05, 0.1) is 0 Å². The molecule has 5 nitrogen and oxygen atoms in total. The lowest BCUT2D eigenvalue weighted by Crippen LogP contribution is -2.43. The Morgan fingerprint density at radius 1 is 1.12 bits per heavy atom. The zero-order valence-electron chi connectivity index (χ0n) is 8.31. The Labute approximate surface area is 97.8 Å². The molecule has 0 aliphatic carbocycles. The van der Waals surface area contributed by atoms with Gasteiger partial charge in [0.15, 0.2) is 5.11 Å². The van der Waals surface area contributed by atoms with Gasteiger partial charge >= 0.3 is 6.03 Å². The predicted octanol–water partition coefficient (Wildman–Crippen LogP) is 0.346. The lowest BCUT2D eigenvalue weighted by molar-refractivity contribution is 0.250. The molecule has 0 radical (unpaired) electrons. The molecule has 3 rings (SSSR count). The number of urea groups is 1. The highest BCUT2D eigenvalue weighted by molar-refractivity contribution is 7.80. The van der Waals surface area contributed by atoms with Crippen LogP contribution in [0.25, 0.3) is 0 Å². The van der Waals surface area contributed by atoms with Crippen molar-refractivity contribution in [3.63, 3.8) is 0 Å². The highest BCUT2D eigenvalue weighted by Gasteiger charge is 2.44. The molecule has 0 spiro atoms. The molecule has 3 N–H and O–H groups in total. The molecule has 0 unspecified atom stereocenters. The maximum Gasteiger partial charge on any atom is 0.325 e. The standard InChI is InChI=1S/C10H10N4OS/c15-10-12-7-8(13-9(16)11-7)14(10)6-4-2-1-3-5-6/h1-5,7-8H,(H,12,15)(H2,11,13,16)/t7-,8-/m0/s1. The van der Waals surface area contributed by atoms with Crippen LogP contribution in [0.3, 0.4) is 0 Å². The number of rotatable bonds is 1. The van der Waals surface area contributed by atoms with E-state index in [4.69, 9.17) is 12.2 Å². The van der Waals surface area contributed by atoms with Crippen molar-refractivity contribution in [1.29, 1.82) is 0 Å². The second-order valence-corrected chi connectivity index (χ2v) is 4.10. The molecule has 16 heavy (non-hydrogen) atoms. The van der Waals surface area contributed by atoms with Gasteiger partial charge in [-0.1, -0.05) is 18.2 Å². The molecule has 2 aliphatic heterocycles. The Balaban J connectivity index is 1.95. The van der Waals surface area contributed by atoms with Gasteiger partial charge in [-0.05, 0) is 24.4 Å². The number of fused-ring (bicyclic) bond motifs is 1. The summed E-state index contributed by atoms with van der Waals surface area (Å²) in [4.78, 5) is 13.5. The minimum absolute atomic E-state index is 0.122. The predicted molar refractivity (Wildman–Crippen MR) is 63.9 cm³/mol. The summed E-state index contributed by atoms with van der Waals surface area (Å²) >= 11 is 5.01. The summed E-state index contributed by atoms with van der Waals surface area (Å²) in [6.07, 6.45) is -0.303. The first-order chi connectivity index (χ1) is 7.75. The topological polar surface area (TPSA) is 56.4 Å². The van der Waals surface area contributed by atoms with E-state index in [1.807, 2.05) is 30.3 Å². The maximum atomic E-state index is 11.8. The Morgan fingerprint density at radius 3 is 2.62 bits per heavy atom. The Kier molecular flexibility index (Phi) is 1.97. The van der Waals surface area contributed by atoms with E-state index in [9.17, 15) is 4.79 Å². The Morgan fingerprint density at radius 2 is 1.88 bits per heavy atom. The summed E-state index contributed by atoms with van der Waals surface area (Å²) in [6.45, 7) is 0. The number of amides is 2. The van der Waals surface area contributed by atoms with Gasteiger partial charge in [0.25, 0.3) is 0 Å². The molecule has 2 heterocycles. The van der Waals surface area contributed by atoms with Crippen LogP contribution in [0.4, 0.5) is 10.5 Å². The van der Waals surface area contributed by atoms with Crippen molar-refractivity contribution in [2.75, 3.05) is 4.90 Å². The van der Waals surface area contributed by atoms with Gasteiger partial charge < -0.3 is 16.0 Å². The van der Waals surface area contributed by atoms with Crippen LogP contribution < -0.4 is 20.9 Å². The number of hydrogen-bond donors (Lipinski definition) is 3. The number of benzene rings is 1. The van der Waals surface area contributed by atoms with Crippen molar-refractivity contribution >= 4 is 29.0 Å². The van der Waals surface area contributed by atoms with E-state index in [0.29, 0.717) is 5.11 Å². The lowest BCUT2D eigenvalue weighted by Gasteiger charge is -2.21. The fourth-order valence-electron chi connectivity index (χ4n) is 2.00. The van der Waals surface area contributed by atoms with Crippen LogP contribution in [0.2, 0.25) is 0 Å². The molecule has 2 atom stereocenters. The number of hydrogen-bond acceptors (Lipinski definition) is 2. The van der Waals surface area contributed by atoms with E-state index in [0.717, 1.165) is 5.69 Å². The first-order valence-corrected chi connectivity index (χ1v) is 5.38. The summed E-state index contributed by atoms with van der Waals surface area (Å²) in [7, 11) is 0. The summed E-state index contributed by atoms with van der Waals surface area (Å²) < 4.78 is 0. The molecule has 1 aromatic carbocycles. The summed E-state index contributed by atoms with van der Waals surface area (Å²) in [5, 5.41) is 9.44. The number of para-hydroxylation sites is 1. The molecule has 82 valence electrons.